The first-order valence-corrected chi connectivity index (χ1v) is 8.98. The van der Waals surface area contributed by atoms with Gasteiger partial charge in [0, 0.05) is 25.1 Å². The number of hydrogen-bond acceptors (Lipinski definition) is 3. The fourth-order valence-electron chi connectivity index (χ4n) is 2.95. The van der Waals surface area contributed by atoms with Gasteiger partial charge in [0.15, 0.2) is 0 Å². The minimum atomic E-state index is -0.844. The third kappa shape index (κ3) is 4.36. The van der Waals surface area contributed by atoms with Crippen LogP contribution in [0, 0.1) is 0 Å². The second kappa shape index (κ2) is 7.20. The summed E-state index contributed by atoms with van der Waals surface area (Å²) in [5.74, 6) is 1.22. The summed E-state index contributed by atoms with van der Waals surface area (Å²) in [6.45, 7) is 0.312. The standard InChI is InChI=1S/C19H21NO2S/c21-18(13-23-12-15-6-2-1-3-7-15)20-14-19(22)10-16-8-4-5-9-17(16)11-19/h1-9,22H,10-14H2,(H,20,21). The maximum Gasteiger partial charge on any atom is 0.230 e. The quantitative estimate of drug-likeness (QED) is 0.857. The van der Waals surface area contributed by atoms with Crippen LogP contribution in [0.2, 0.25) is 0 Å². The van der Waals surface area contributed by atoms with E-state index in [1.54, 1.807) is 11.8 Å². The molecule has 120 valence electrons. The van der Waals surface area contributed by atoms with Gasteiger partial charge in [-0.15, -0.1) is 11.8 Å². The zero-order valence-electron chi connectivity index (χ0n) is 13.0. The van der Waals surface area contributed by atoms with E-state index in [9.17, 15) is 9.90 Å². The van der Waals surface area contributed by atoms with Crippen LogP contribution < -0.4 is 5.32 Å². The Morgan fingerprint density at radius 2 is 1.65 bits per heavy atom. The third-order valence-corrected chi connectivity index (χ3v) is 5.12. The summed E-state index contributed by atoms with van der Waals surface area (Å²) in [6, 6.07) is 18.2. The maximum absolute atomic E-state index is 12.0. The number of aliphatic hydroxyl groups is 1. The molecule has 1 aliphatic rings. The summed E-state index contributed by atoms with van der Waals surface area (Å²) in [4.78, 5) is 12.0. The van der Waals surface area contributed by atoms with Crippen LogP contribution in [0.3, 0.4) is 0 Å². The van der Waals surface area contributed by atoms with Crippen LogP contribution in [0.5, 0.6) is 0 Å². The van der Waals surface area contributed by atoms with E-state index in [0.29, 0.717) is 25.1 Å². The van der Waals surface area contributed by atoms with Crippen LogP contribution >= 0.6 is 11.8 Å². The van der Waals surface area contributed by atoms with Gasteiger partial charge in [-0.3, -0.25) is 4.79 Å². The number of hydrogen-bond donors (Lipinski definition) is 2. The molecule has 4 heteroatoms. The third-order valence-electron chi connectivity index (χ3n) is 4.12. The van der Waals surface area contributed by atoms with Crippen molar-refractivity contribution in [2.45, 2.75) is 24.2 Å². The van der Waals surface area contributed by atoms with E-state index in [0.717, 1.165) is 5.75 Å². The van der Waals surface area contributed by atoms with Crippen LogP contribution in [0.1, 0.15) is 16.7 Å². The number of thioether (sulfide) groups is 1. The highest BCUT2D eigenvalue weighted by atomic mass is 32.2. The molecule has 2 aromatic rings. The molecule has 3 rings (SSSR count). The van der Waals surface area contributed by atoms with Crippen molar-refractivity contribution in [3.05, 3.63) is 71.3 Å². The number of rotatable bonds is 6. The minimum Gasteiger partial charge on any atom is -0.387 e. The molecule has 3 nitrogen and oxygen atoms in total. The zero-order valence-corrected chi connectivity index (χ0v) is 13.8. The first-order valence-electron chi connectivity index (χ1n) is 7.82. The van der Waals surface area contributed by atoms with Gasteiger partial charge in [-0.05, 0) is 16.7 Å². The van der Waals surface area contributed by atoms with Crippen molar-refractivity contribution in [1.29, 1.82) is 0 Å². The van der Waals surface area contributed by atoms with Crippen LogP contribution in [0.4, 0.5) is 0 Å². The van der Waals surface area contributed by atoms with E-state index in [4.69, 9.17) is 0 Å². The number of benzene rings is 2. The van der Waals surface area contributed by atoms with E-state index >= 15 is 0 Å². The van der Waals surface area contributed by atoms with Gasteiger partial charge < -0.3 is 10.4 Å². The molecule has 2 N–H and O–H groups in total. The fraction of sp³-hybridized carbons (Fsp3) is 0.316. The Morgan fingerprint density at radius 3 is 2.30 bits per heavy atom. The number of fused-ring (bicyclic) bond motifs is 1. The van der Waals surface area contributed by atoms with Crippen LogP contribution in [0.15, 0.2) is 54.6 Å². The van der Waals surface area contributed by atoms with Gasteiger partial charge in [0.05, 0.1) is 11.4 Å². The average molecular weight is 327 g/mol. The van der Waals surface area contributed by atoms with E-state index in [1.165, 1.54) is 16.7 Å². The van der Waals surface area contributed by atoms with Gasteiger partial charge in [0.25, 0.3) is 0 Å². The van der Waals surface area contributed by atoms with Crippen LogP contribution in [-0.2, 0) is 23.4 Å². The summed E-state index contributed by atoms with van der Waals surface area (Å²) >= 11 is 1.59. The Labute approximate surface area is 141 Å². The van der Waals surface area contributed by atoms with Crippen molar-refractivity contribution in [2.24, 2.45) is 0 Å². The molecule has 2 aromatic carbocycles. The normalized spacial score (nSPS) is 15.2. The zero-order chi connectivity index (χ0) is 16.1. The Bertz CT molecular complexity index is 647. The van der Waals surface area contributed by atoms with E-state index in [2.05, 4.69) is 17.4 Å². The molecule has 23 heavy (non-hydrogen) atoms. The molecule has 1 amide bonds. The summed E-state index contributed by atoms with van der Waals surface area (Å²) in [5.41, 5.74) is 2.74. The molecular weight excluding hydrogens is 306 g/mol. The van der Waals surface area contributed by atoms with Gasteiger partial charge in [0.2, 0.25) is 5.91 Å². The lowest BCUT2D eigenvalue weighted by Crippen LogP contribution is -2.44. The van der Waals surface area contributed by atoms with Gasteiger partial charge in [0.1, 0.15) is 0 Å². The molecule has 0 aliphatic heterocycles. The molecule has 0 heterocycles. The van der Waals surface area contributed by atoms with Crippen LogP contribution in [0.25, 0.3) is 0 Å². The van der Waals surface area contributed by atoms with E-state index < -0.39 is 5.60 Å². The van der Waals surface area contributed by atoms with E-state index in [-0.39, 0.29) is 5.91 Å². The van der Waals surface area contributed by atoms with Crippen molar-refractivity contribution < 1.29 is 9.90 Å². The average Bonchev–Trinajstić information content (AvgIpc) is 2.91. The predicted octanol–water partition coefficient (Wildman–Crippen LogP) is 2.57. The fourth-order valence-corrected chi connectivity index (χ4v) is 3.77. The molecule has 0 bridgehead atoms. The SMILES string of the molecule is O=C(CSCc1ccccc1)NCC1(O)Cc2ccccc2C1. The Hall–Kier alpha value is -1.78. The Balaban J connectivity index is 1.41. The molecule has 0 saturated carbocycles. The molecule has 0 radical (unpaired) electrons. The summed E-state index contributed by atoms with van der Waals surface area (Å²) in [7, 11) is 0. The lowest BCUT2D eigenvalue weighted by atomic mass is 10.0. The number of carbonyl (C=O) groups excluding carboxylic acids is 1. The second-order valence-corrected chi connectivity index (χ2v) is 7.09. The highest BCUT2D eigenvalue weighted by molar-refractivity contribution is 7.99. The summed E-state index contributed by atoms with van der Waals surface area (Å²) in [6.07, 6.45) is 1.22. The van der Waals surface area contributed by atoms with Gasteiger partial charge in [-0.2, -0.15) is 0 Å². The number of amides is 1. The van der Waals surface area contributed by atoms with Crippen molar-refractivity contribution in [3.63, 3.8) is 0 Å². The van der Waals surface area contributed by atoms with Crippen molar-refractivity contribution in [1.82, 2.24) is 5.32 Å². The topological polar surface area (TPSA) is 49.3 Å². The minimum absolute atomic E-state index is 0.0182. The molecule has 0 saturated heterocycles. The van der Waals surface area contributed by atoms with Crippen molar-refractivity contribution >= 4 is 17.7 Å². The lowest BCUT2D eigenvalue weighted by molar-refractivity contribution is -0.119. The van der Waals surface area contributed by atoms with Crippen LogP contribution in [-0.4, -0.2) is 28.9 Å². The molecule has 1 aliphatic carbocycles. The summed E-state index contributed by atoms with van der Waals surface area (Å²) in [5, 5.41) is 13.5. The monoisotopic (exact) mass is 327 g/mol. The van der Waals surface area contributed by atoms with Crippen molar-refractivity contribution in [2.75, 3.05) is 12.3 Å². The van der Waals surface area contributed by atoms with Gasteiger partial charge >= 0.3 is 0 Å². The maximum atomic E-state index is 12.0. The first-order chi connectivity index (χ1) is 11.1. The second-order valence-electron chi connectivity index (χ2n) is 6.10. The summed E-state index contributed by atoms with van der Waals surface area (Å²) < 4.78 is 0. The van der Waals surface area contributed by atoms with Gasteiger partial charge in [-0.1, -0.05) is 54.6 Å². The highest BCUT2D eigenvalue weighted by Crippen LogP contribution is 2.29. The Morgan fingerprint density at radius 1 is 1.04 bits per heavy atom. The highest BCUT2D eigenvalue weighted by Gasteiger charge is 2.35. The number of nitrogens with one attached hydrogen (secondary N) is 1. The molecular formula is C19H21NO2S. The van der Waals surface area contributed by atoms with E-state index in [1.807, 2.05) is 42.5 Å². The molecule has 0 atom stereocenters. The van der Waals surface area contributed by atoms with Crippen molar-refractivity contribution in [3.8, 4) is 0 Å². The lowest BCUT2D eigenvalue weighted by Gasteiger charge is -2.22. The molecule has 0 spiro atoms. The Kier molecular flexibility index (Phi) is 5.03. The smallest absolute Gasteiger partial charge is 0.230 e. The first kappa shape index (κ1) is 16.1. The predicted molar refractivity (Wildman–Crippen MR) is 94.4 cm³/mol. The van der Waals surface area contributed by atoms with Gasteiger partial charge in [-0.25, -0.2) is 0 Å². The number of carbonyl (C=O) groups is 1. The largest absolute Gasteiger partial charge is 0.387 e. The molecule has 0 fully saturated rings. The molecule has 0 unspecified atom stereocenters. The molecule has 0 aromatic heterocycles.